The van der Waals surface area contributed by atoms with Crippen LogP contribution in [0.3, 0.4) is 0 Å². The number of nitrogens with one attached hydrogen (secondary N) is 1. The van der Waals surface area contributed by atoms with Crippen LogP contribution in [0.1, 0.15) is 16.1 Å². The fourth-order valence-corrected chi connectivity index (χ4v) is 2.22. The van der Waals surface area contributed by atoms with E-state index < -0.39 is 0 Å². The molecule has 0 unspecified atom stereocenters. The predicted octanol–water partition coefficient (Wildman–Crippen LogP) is 3.66. The Balaban J connectivity index is 2.76. The van der Waals surface area contributed by atoms with Gasteiger partial charge in [0.25, 0.3) is 0 Å². The normalized spacial score (nSPS) is 10.9. The van der Waals surface area contributed by atoms with Crippen molar-refractivity contribution in [2.45, 2.75) is 6.92 Å². The van der Waals surface area contributed by atoms with Gasteiger partial charge in [0.15, 0.2) is 5.78 Å². The van der Waals surface area contributed by atoms with Gasteiger partial charge in [-0.2, -0.15) is 0 Å². The first-order valence-corrected chi connectivity index (χ1v) is 5.83. The van der Waals surface area contributed by atoms with E-state index in [0.717, 1.165) is 21.1 Å². The highest BCUT2D eigenvalue weighted by Crippen LogP contribution is 2.26. The van der Waals surface area contributed by atoms with E-state index in [9.17, 15) is 4.79 Å². The number of aromatic amines is 1. The average Bonchev–Trinajstić information content (AvgIpc) is 2.52. The Labute approximate surface area is 101 Å². The molecule has 1 aromatic heterocycles. The fraction of sp³-hybridized carbons (Fsp3) is 0.182. The molecule has 0 fully saturated rings. The average molecular weight is 287 g/mol. The molecule has 2 aromatic rings. The monoisotopic (exact) mass is 285 g/mol. The summed E-state index contributed by atoms with van der Waals surface area (Å²) in [7, 11) is 0. The lowest BCUT2D eigenvalue weighted by Crippen LogP contribution is -2.01. The zero-order valence-electron chi connectivity index (χ0n) is 8.10. The number of carbonyl (C=O) groups is 1. The van der Waals surface area contributed by atoms with E-state index in [-0.39, 0.29) is 11.7 Å². The summed E-state index contributed by atoms with van der Waals surface area (Å²) in [6, 6.07) is 5.81. The molecular formula is C11H9BrClNO. The number of Topliss-reactive ketones (excluding diaryl/α,β-unsaturated/α-hetero) is 1. The summed E-state index contributed by atoms with van der Waals surface area (Å²) in [5.74, 6) is -0.0288. The molecule has 0 bridgehead atoms. The van der Waals surface area contributed by atoms with Crippen LogP contribution in [0.25, 0.3) is 10.9 Å². The second kappa shape index (κ2) is 3.99. The van der Waals surface area contributed by atoms with Crippen molar-refractivity contribution in [1.82, 2.24) is 4.98 Å². The number of aryl methyl sites for hydroxylation is 1. The number of aromatic nitrogens is 1. The first kappa shape index (κ1) is 10.7. The molecule has 4 heteroatoms. The van der Waals surface area contributed by atoms with Crippen molar-refractivity contribution in [2.24, 2.45) is 0 Å². The van der Waals surface area contributed by atoms with Crippen LogP contribution < -0.4 is 0 Å². The zero-order valence-corrected chi connectivity index (χ0v) is 10.4. The van der Waals surface area contributed by atoms with E-state index in [1.165, 1.54) is 0 Å². The Kier molecular flexibility index (Phi) is 2.85. The lowest BCUT2D eigenvalue weighted by atomic mass is 10.1. The molecule has 0 aliphatic heterocycles. The number of benzene rings is 1. The minimum Gasteiger partial charge on any atom is -0.358 e. The van der Waals surface area contributed by atoms with Crippen LogP contribution in [0.5, 0.6) is 0 Å². The van der Waals surface area contributed by atoms with Crippen LogP contribution in [-0.2, 0) is 0 Å². The molecule has 0 aliphatic rings. The highest BCUT2D eigenvalue weighted by Gasteiger charge is 2.14. The van der Waals surface area contributed by atoms with Crippen molar-refractivity contribution >= 4 is 44.2 Å². The van der Waals surface area contributed by atoms with Crippen LogP contribution in [0.2, 0.25) is 0 Å². The number of hydrogen-bond acceptors (Lipinski definition) is 1. The third-order valence-corrected chi connectivity index (χ3v) is 3.08. The van der Waals surface area contributed by atoms with Gasteiger partial charge in [-0.15, -0.1) is 11.6 Å². The Morgan fingerprint density at radius 3 is 2.93 bits per heavy atom. The maximum absolute atomic E-state index is 11.7. The number of carbonyl (C=O) groups excluding carboxylic acids is 1. The highest BCUT2D eigenvalue weighted by molar-refractivity contribution is 9.10. The molecule has 0 aliphatic carbocycles. The Bertz CT molecular complexity index is 533. The molecule has 0 atom stereocenters. The maximum Gasteiger partial charge on any atom is 0.179 e. The molecule has 0 saturated heterocycles. The van der Waals surface area contributed by atoms with Crippen molar-refractivity contribution < 1.29 is 4.79 Å². The maximum atomic E-state index is 11.7. The topological polar surface area (TPSA) is 32.9 Å². The number of hydrogen-bond donors (Lipinski definition) is 1. The summed E-state index contributed by atoms with van der Waals surface area (Å²) in [5.41, 5.74) is 2.53. The molecule has 2 nitrogen and oxygen atoms in total. The molecule has 2 rings (SSSR count). The lowest BCUT2D eigenvalue weighted by Gasteiger charge is -1.97. The number of H-pyrrole nitrogens is 1. The zero-order chi connectivity index (χ0) is 11.0. The van der Waals surface area contributed by atoms with Crippen molar-refractivity contribution in [3.63, 3.8) is 0 Å². The Morgan fingerprint density at radius 2 is 2.27 bits per heavy atom. The summed E-state index contributed by atoms with van der Waals surface area (Å²) < 4.78 is 0.956. The van der Waals surface area contributed by atoms with Gasteiger partial charge in [0.05, 0.1) is 5.88 Å². The molecule has 15 heavy (non-hydrogen) atoms. The van der Waals surface area contributed by atoms with Gasteiger partial charge in [-0.25, -0.2) is 0 Å². The van der Waals surface area contributed by atoms with E-state index in [0.29, 0.717) is 5.56 Å². The van der Waals surface area contributed by atoms with Gasteiger partial charge in [0, 0.05) is 26.6 Å². The molecule has 0 saturated carbocycles. The van der Waals surface area contributed by atoms with Gasteiger partial charge < -0.3 is 4.98 Å². The van der Waals surface area contributed by atoms with Gasteiger partial charge >= 0.3 is 0 Å². The predicted molar refractivity (Wildman–Crippen MR) is 65.8 cm³/mol. The molecule has 1 N–H and O–H groups in total. The van der Waals surface area contributed by atoms with Gasteiger partial charge in [0.1, 0.15) is 0 Å². The summed E-state index contributed by atoms with van der Waals surface area (Å²) in [4.78, 5) is 14.8. The summed E-state index contributed by atoms with van der Waals surface area (Å²) in [6.45, 7) is 1.88. The minimum absolute atomic E-state index is 0.0142. The van der Waals surface area contributed by atoms with E-state index in [1.54, 1.807) is 0 Å². The largest absolute Gasteiger partial charge is 0.358 e. The van der Waals surface area contributed by atoms with E-state index >= 15 is 0 Å². The van der Waals surface area contributed by atoms with Crippen molar-refractivity contribution in [2.75, 3.05) is 5.88 Å². The molecule has 0 spiro atoms. The number of rotatable bonds is 2. The van der Waals surface area contributed by atoms with Crippen LogP contribution in [0.15, 0.2) is 22.7 Å². The quantitative estimate of drug-likeness (QED) is 0.663. The second-order valence-corrected chi connectivity index (χ2v) is 4.55. The smallest absolute Gasteiger partial charge is 0.179 e. The number of alkyl halides is 1. The SMILES string of the molecule is Cc1[nH]c2ccc(Br)cc2c1C(=O)CCl. The third-order valence-electron chi connectivity index (χ3n) is 2.35. The number of fused-ring (bicyclic) bond motifs is 1. The minimum atomic E-state index is -0.0430. The summed E-state index contributed by atoms with van der Waals surface area (Å²) >= 11 is 8.97. The van der Waals surface area contributed by atoms with Gasteiger partial charge in [0.2, 0.25) is 0 Å². The third kappa shape index (κ3) is 1.82. The second-order valence-electron chi connectivity index (χ2n) is 3.37. The van der Waals surface area contributed by atoms with Crippen molar-refractivity contribution in [1.29, 1.82) is 0 Å². The van der Waals surface area contributed by atoms with E-state index in [1.807, 2.05) is 25.1 Å². The standard InChI is InChI=1S/C11H9BrClNO/c1-6-11(10(15)5-13)8-4-7(12)2-3-9(8)14-6/h2-4,14H,5H2,1H3. The number of ketones is 1. The van der Waals surface area contributed by atoms with Crippen LogP contribution >= 0.6 is 27.5 Å². The fourth-order valence-electron chi connectivity index (χ4n) is 1.72. The highest BCUT2D eigenvalue weighted by atomic mass is 79.9. The molecular weight excluding hydrogens is 277 g/mol. The number of halogens is 2. The van der Waals surface area contributed by atoms with Crippen molar-refractivity contribution in [3.8, 4) is 0 Å². The van der Waals surface area contributed by atoms with Crippen LogP contribution in [0, 0.1) is 6.92 Å². The molecule has 78 valence electrons. The molecule has 0 amide bonds. The van der Waals surface area contributed by atoms with Gasteiger partial charge in [-0.1, -0.05) is 15.9 Å². The molecule has 0 radical (unpaired) electrons. The first-order chi connectivity index (χ1) is 7.13. The summed E-state index contributed by atoms with van der Waals surface area (Å²) in [6.07, 6.45) is 0. The van der Waals surface area contributed by atoms with Crippen molar-refractivity contribution in [3.05, 3.63) is 33.9 Å². The van der Waals surface area contributed by atoms with E-state index in [4.69, 9.17) is 11.6 Å². The Hall–Kier alpha value is -0.800. The van der Waals surface area contributed by atoms with Gasteiger partial charge in [-0.05, 0) is 25.1 Å². The first-order valence-electron chi connectivity index (χ1n) is 4.50. The lowest BCUT2D eigenvalue weighted by molar-refractivity contribution is 0.102. The van der Waals surface area contributed by atoms with Gasteiger partial charge in [-0.3, -0.25) is 4.79 Å². The van der Waals surface area contributed by atoms with Crippen LogP contribution in [0.4, 0.5) is 0 Å². The molecule has 1 aromatic carbocycles. The van der Waals surface area contributed by atoms with E-state index in [2.05, 4.69) is 20.9 Å². The summed E-state index contributed by atoms with van der Waals surface area (Å²) in [5, 5.41) is 0.924. The van der Waals surface area contributed by atoms with Crippen LogP contribution in [-0.4, -0.2) is 16.6 Å². The Morgan fingerprint density at radius 1 is 1.53 bits per heavy atom. The molecule has 1 heterocycles.